The van der Waals surface area contributed by atoms with Crippen LogP contribution < -0.4 is 10.6 Å². The van der Waals surface area contributed by atoms with Crippen molar-refractivity contribution in [2.75, 3.05) is 19.8 Å². The molecule has 0 aliphatic carbocycles. The molecule has 0 aromatic heterocycles. The van der Waals surface area contributed by atoms with Gasteiger partial charge in [-0.25, -0.2) is 4.79 Å². The lowest BCUT2D eigenvalue weighted by Crippen LogP contribution is -2.46. The molecule has 1 atom stereocenters. The lowest BCUT2D eigenvalue weighted by Gasteiger charge is -2.17. The number of rotatable bonds is 7. The summed E-state index contributed by atoms with van der Waals surface area (Å²) in [6.45, 7) is 4.71. The van der Waals surface area contributed by atoms with Crippen molar-refractivity contribution in [3.63, 3.8) is 0 Å². The van der Waals surface area contributed by atoms with E-state index < -0.39 is 6.03 Å². The second kappa shape index (κ2) is 9.48. The monoisotopic (exact) mass is 323 g/mol. The summed E-state index contributed by atoms with van der Waals surface area (Å²) in [4.78, 5) is 26.5. The van der Waals surface area contributed by atoms with Crippen molar-refractivity contribution in [2.24, 2.45) is 0 Å². The van der Waals surface area contributed by atoms with Crippen molar-refractivity contribution in [1.82, 2.24) is 15.5 Å². The lowest BCUT2D eigenvalue weighted by atomic mass is 10.2. The number of thioether (sulfide) groups is 1. The molecule has 5 nitrogen and oxygen atoms in total. The summed E-state index contributed by atoms with van der Waals surface area (Å²) in [6.07, 6.45) is 2.86. The third kappa shape index (κ3) is 6.95. The minimum absolute atomic E-state index is 0.0560. The Balaban J connectivity index is 2.38. The lowest BCUT2D eigenvalue weighted by molar-refractivity contribution is -0.120. The van der Waals surface area contributed by atoms with Crippen LogP contribution in [-0.2, 0) is 11.3 Å². The zero-order chi connectivity index (χ0) is 16.5. The Bertz CT molecular complexity index is 491. The van der Waals surface area contributed by atoms with Gasteiger partial charge in [-0.3, -0.25) is 15.0 Å². The summed E-state index contributed by atoms with van der Waals surface area (Å²) in [5.74, 6) is -0.302. The van der Waals surface area contributed by atoms with Gasteiger partial charge in [-0.2, -0.15) is 0 Å². The highest BCUT2D eigenvalue weighted by Crippen LogP contribution is 2.15. The van der Waals surface area contributed by atoms with Crippen LogP contribution in [0.25, 0.3) is 0 Å². The van der Waals surface area contributed by atoms with E-state index in [2.05, 4.69) is 34.9 Å². The van der Waals surface area contributed by atoms with Gasteiger partial charge in [0.1, 0.15) is 0 Å². The highest BCUT2D eigenvalue weighted by molar-refractivity contribution is 7.98. The molecule has 1 aromatic carbocycles. The molecule has 0 aliphatic rings. The van der Waals surface area contributed by atoms with Crippen LogP contribution in [0.15, 0.2) is 29.2 Å². The van der Waals surface area contributed by atoms with E-state index in [9.17, 15) is 9.59 Å². The van der Waals surface area contributed by atoms with Crippen molar-refractivity contribution in [2.45, 2.75) is 37.8 Å². The van der Waals surface area contributed by atoms with Crippen LogP contribution in [0, 0.1) is 0 Å². The molecule has 0 spiro atoms. The maximum Gasteiger partial charge on any atom is 0.321 e. The second-order valence-electron chi connectivity index (χ2n) is 5.35. The highest BCUT2D eigenvalue weighted by Gasteiger charge is 2.12. The van der Waals surface area contributed by atoms with Crippen molar-refractivity contribution in [1.29, 1.82) is 0 Å². The number of hydrogen-bond acceptors (Lipinski definition) is 4. The Morgan fingerprint density at radius 3 is 2.45 bits per heavy atom. The molecule has 2 N–H and O–H groups in total. The molecule has 0 heterocycles. The first-order chi connectivity index (χ1) is 10.4. The first-order valence-electron chi connectivity index (χ1n) is 7.36. The molecule has 6 heteroatoms. The van der Waals surface area contributed by atoms with Crippen molar-refractivity contribution < 1.29 is 9.59 Å². The molecule has 0 saturated heterocycles. The van der Waals surface area contributed by atoms with Crippen LogP contribution in [0.5, 0.6) is 0 Å². The Labute approximate surface area is 136 Å². The zero-order valence-electron chi connectivity index (χ0n) is 13.7. The molecular weight excluding hydrogens is 298 g/mol. The SMILES string of the molecule is CC[C@@H](C)NC(=O)NC(=O)CN(C)Cc1ccc(SC)cc1. The average Bonchev–Trinajstić information content (AvgIpc) is 2.47. The summed E-state index contributed by atoms with van der Waals surface area (Å²) < 4.78 is 0. The number of imide groups is 1. The van der Waals surface area contributed by atoms with Gasteiger partial charge in [-0.1, -0.05) is 19.1 Å². The summed E-state index contributed by atoms with van der Waals surface area (Å²) in [5, 5.41) is 5.05. The Morgan fingerprint density at radius 1 is 1.27 bits per heavy atom. The van der Waals surface area contributed by atoms with E-state index >= 15 is 0 Å². The fraction of sp³-hybridized carbons (Fsp3) is 0.500. The van der Waals surface area contributed by atoms with Crippen molar-refractivity contribution >= 4 is 23.7 Å². The van der Waals surface area contributed by atoms with Gasteiger partial charge in [0.2, 0.25) is 5.91 Å². The number of nitrogens with zero attached hydrogens (tertiary/aromatic N) is 1. The number of carbonyl (C=O) groups is 2. The van der Waals surface area contributed by atoms with Crippen LogP contribution >= 0.6 is 11.8 Å². The molecule has 0 saturated carbocycles. The molecule has 0 aliphatic heterocycles. The molecule has 1 aromatic rings. The normalized spacial score (nSPS) is 12.0. The van der Waals surface area contributed by atoms with Gasteiger partial charge >= 0.3 is 6.03 Å². The van der Waals surface area contributed by atoms with E-state index in [-0.39, 0.29) is 18.5 Å². The topological polar surface area (TPSA) is 61.4 Å². The Kier molecular flexibility index (Phi) is 7.98. The van der Waals surface area contributed by atoms with Crippen LogP contribution in [0.2, 0.25) is 0 Å². The van der Waals surface area contributed by atoms with Crippen LogP contribution in [0.1, 0.15) is 25.8 Å². The number of benzene rings is 1. The van der Waals surface area contributed by atoms with Gasteiger partial charge in [-0.05, 0) is 44.3 Å². The largest absolute Gasteiger partial charge is 0.335 e. The number of likely N-dealkylation sites (N-methyl/N-ethyl adjacent to an activating group) is 1. The molecule has 0 bridgehead atoms. The molecule has 22 heavy (non-hydrogen) atoms. The minimum atomic E-state index is -0.433. The molecule has 0 radical (unpaired) electrons. The fourth-order valence-corrected chi connectivity index (χ4v) is 2.28. The van der Waals surface area contributed by atoms with Crippen molar-refractivity contribution in [3.8, 4) is 0 Å². The number of amides is 3. The highest BCUT2D eigenvalue weighted by atomic mass is 32.2. The van der Waals surface area contributed by atoms with Crippen LogP contribution in [0.4, 0.5) is 4.79 Å². The predicted molar refractivity (Wildman–Crippen MR) is 91.0 cm³/mol. The van der Waals surface area contributed by atoms with E-state index in [1.165, 1.54) is 4.90 Å². The van der Waals surface area contributed by atoms with Gasteiger partial charge in [-0.15, -0.1) is 11.8 Å². The van der Waals surface area contributed by atoms with Gasteiger partial charge < -0.3 is 5.32 Å². The van der Waals surface area contributed by atoms with Gasteiger partial charge in [0.05, 0.1) is 6.54 Å². The third-order valence-electron chi connectivity index (χ3n) is 3.27. The summed E-state index contributed by atoms with van der Waals surface area (Å²) in [7, 11) is 1.86. The smallest absolute Gasteiger partial charge is 0.321 e. The summed E-state index contributed by atoms with van der Waals surface area (Å²) in [6, 6.07) is 7.85. The van der Waals surface area contributed by atoms with E-state index in [1.807, 2.05) is 32.1 Å². The van der Waals surface area contributed by atoms with Gasteiger partial charge in [0.25, 0.3) is 0 Å². The average molecular weight is 323 g/mol. The second-order valence-corrected chi connectivity index (χ2v) is 6.23. The Morgan fingerprint density at radius 2 is 1.91 bits per heavy atom. The predicted octanol–water partition coefficient (Wildman–Crippen LogP) is 2.46. The van der Waals surface area contributed by atoms with Gasteiger partial charge in [0, 0.05) is 17.5 Å². The number of hydrogen-bond donors (Lipinski definition) is 2. The summed E-state index contributed by atoms with van der Waals surface area (Å²) in [5.41, 5.74) is 1.14. The van der Waals surface area contributed by atoms with Crippen LogP contribution in [0.3, 0.4) is 0 Å². The maximum absolute atomic E-state index is 11.8. The molecule has 1 rings (SSSR count). The van der Waals surface area contributed by atoms with E-state index in [1.54, 1.807) is 11.8 Å². The Hall–Kier alpha value is -1.53. The first-order valence-corrected chi connectivity index (χ1v) is 8.58. The molecule has 0 fully saturated rings. The molecular formula is C16H25N3O2S. The minimum Gasteiger partial charge on any atom is -0.335 e. The maximum atomic E-state index is 11.8. The number of carbonyl (C=O) groups excluding carboxylic acids is 2. The third-order valence-corrected chi connectivity index (χ3v) is 4.01. The fourth-order valence-electron chi connectivity index (χ4n) is 1.87. The van der Waals surface area contributed by atoms with E-state index in [0.717, 1.165) is 12.0 Å². The zero-order valence-corrected chi connectivity index (χ0v) is 14.5. The summed E-state index contributed by atoms with van der Waals surface area (Å²) >= 11 is 1.70. The van der Waals surface area contributed by atoms with Crippen LogP contribution in [-0.4, -0.2) is 42.7 Å². The van der Waals surface area contributed by atoms with Gasteiger partial charge in [0.15, 0.2) is 0 Å². The first kappa shape index (κ1) is 18.5. The number of urea groups is 1. The van der Waals surface area contributed by atoms with E-state index in [4.69, 9.17) is 0 Å². The molecule has 122 valence electrons. The standard InChI is InChI=1S/C16H25N3O2S/c1-5-12(2)17-16(21)18-15(20)11-19(3)10-13-6-8-14(22-4)9-7-13/h6-9,12H,5,10-11H2,1-4H3,(H2,17,18,20,21)/t12-/m1/s1. The van der Waals surface area contributed by atoms with E-state index in [0.29, 0.717) is 6.54 Å². The van der Waals surface area contributed by atoms with Crippen molar-refractivity contribution in [3.05, 3.63) is 29.8 Å². The molecule has 0 unspecified atom stereocenters. The number of nitrogens with one attached hydrogen (secondary N) is 2. The quantitative estimate of drug-likeness (QED) is 0.757. The molecule has 3 amide bonds.